The first-order chi connectivity index (χ1) is 12.7. The van der Waals surface area contributed by atoms with Gasteiger partial charge in [0.15, 0.2) is 5.82 Å². The molecule has 0 amide bonds. The largest absolute Gasteiger partial charge is 0.380 e. The Balaban J connectivity index is 1.40. The standard InChI is InChI=1S/C20H20ClFN4/c21-17-6-10-24-20-16(17)4-5-18(19(20)22)25-14-7-11-26(12-8-14)13-15-3-1-2-9-23-15/h1-6,9-10,14,25H,7-8,11-13H2. The number of nitrogens with one attached hydrogen (secondary N) is 1. The van der Waals surface area contributed by atoms with Gasteiger partial charge >= 0.3 is 0 Å². The van der Waals surface area contributed by atoms with Crippen LogP contribution in [0.3, 0.4) is 0 Å². The summed E-state index contributed by atoms with van der Waals surface area (Å²) < 4.78 is 14.8. The number of nitrogens with zero attached hydrogens (tertiary/aromatic N) is 3. The fraction of sp³-hybridized carbons (Fsp3) is 0.300. The minimum Gasteiger partial charge on any atom is -0.380 e. The van der Waals surface area contributed by atoms with Gasteiger partial charge in [0.2, 0.25) is 0 Å². The number of aromatic nitrogens is 2. The molecule has 1 fully saturated rings. The fourth-order valence-corrected chi connectivity index (χ4v) is 3.65. The summed E-state index contributed by atoms with van der Waals surface area (Å²) in [4.78, 5) is 10.9. The molecule has 26 heavy (non-hydrogen) atoms. The smallest absolute Gasteiger partial charge is 0.172 e. The quantitative estimate of drug-likeness (QED) is 0.734. The van der Waals surface area contributed by atoms with E-state index >= 15 is 0 Å². The van der Waals surface area contributed by atoms with Crippen LogP contribution in [0.4, 0.5) is 10.1 Å². The molecule has 0 bridgehead atoms. The maximum Gasteiger partial charge on any atom is 0.172 e. The normalized spacial score (nSPS) is 16.1. The number of likely N-dealkylation sites (tertiary alicyclic amines) is 1. The molecule has 1 aromatic carbocycles. The van der Waals surface area contributed by atoms with Gasteiger partial charge in [-0.05, 0) is 43.2 Å². The lowest BCUT2D eigenvalue weighted by atomic mass is 10.0. The van der Waals surface area contributed by atoms with E-state index in [1.165, 1.54) is 6.20 Å². The predicted molar refractivity (Wildman–Crippen MR) is 103 cm³/mol. The van der Waals surface area contributed by atoms with E-state index in [0.717, 1.165) is 38.2 Å². The average Bonchev–Trinajstić information content (AvgIpc) is 2.67. The molecule has 0 aliphatic carbocycles. The second-order valence-electron chi connectivity index (χ2n) is 6.63. The number of pyridine rings is 2. The Morgan fingerprint density at radius 2 is 1.92 bits per heavy atom. The zero-order chi connectivity index (χ0) is 17.9. The Kier molecular flexibility index (Phi) is 5.00. The molecule has 0 spiro atoms. The zero-order valence-corrected chi connectivity index (χ0v) is 15.1. The van der Waals surface area contributed by atoms with Gasteiger partial charge < -0.3 is 5.32 Å². The highest BCUT2D eigenvalue weighted by molar-refractivity contribution is 6.35. The van der Waals surface area contributed by atoms with Crippen molar-refractivity contribution >= 4 is 28.2 Å². The topological polar surface area (TPSA) is 41.0 Å². The van der Waals surface area contributed by atoms with Gasteiger partial charge in [-0.15, -0.1) is 0 Å². The van der Waals surface area contributed by atoms with Gasteiger partial charge in [0.05, 0.1) is 16.4 Å². The van der Waals surface area contributed by atoms with Crippen LogP contribution in [-0.4, -0.2) is 34.0 Å². The first-order valence-electron chi connectivity index (χ1n) is 8.82. The van der Waals surface area contributed by atoms with Crippen molar-refractivity contribution in [1.29, 1.82) is 0 Å². The van der Waals surface area contributed by atoms with Gasteiger partial charge in [-0.1, -0.05) is 17.7 Å². The van der Waals surface area contributed by atoms with Crippen LogP contribution in [0.25, 0.3) is 10.9 Å². The van der Waals surface area contributed by atoms with Crippen LogP contribution >= 0.6 is 11.6 Å². The SMILES string of the molecule is Fc1c(NC2CCN(Cc3ccccn3)CC2)ccc2c(Cl)ccnc12. The molecule has 6 heteroatoms. The van der Waals surface area contributed by atoms with E-state index in [0.29, 0.717) is 21.6 Å². The number of halogens is 2. The van der Waals surface area contributed by atoms with Gasteiger partial charge in [0, 0.05) is 43.5 Å². The highest BCUT2D eigenvalue weighted by Gasteiger charge is 2.21. The van der Waals surface area contributed by atoms with E-state index in [9.17, 15) is 4.39 Å². The number of fused-ring (bicyclic) bond motifs is 1. The second kappa shape index (κ2) is 7.56. The first-order valence-corrected chi connectivity index (χ1v) is 9.20. The second-order valence-corrected chi connectivity index (χ2v) is 7.04. The average molecular weight is 371 g/mol. The van der Waals surface area contributed by atoms with Crippen LogP contribution in [0.2, 0.25) is 5.02 Å². The van der Waals surface area contributed by atoms with Crippen molar-refractivity contribution in [2.45, 2.75) is 25.4 Å². The summed E-state index contributed by atoms with van der Waals surface area (Å²) in [7, 11) is 0. The summed E-state index contributed by atoms with van der Waals surface area (Å²) in [6.07, 6.45) is 5.29. The van der Waals surface area contributed by atoms with E-state index in [1.54, 1.807) is 12.1 Å². The Labute approximate surface area is 157 Å². The van der Waals surface area contributed by atoms with E-state index in [4.69, 9.17) is 11.6 Å². The molecule has 0 unspecified atom stereocenters. The molecule has 1 aliphatic heterocycles. The van der Waals surface area contributed by atoms with Gasteiger partial charge in [-0.25, -0.2) is 4.39 Å². The van der Waals surface area contributed by atoms with Gasteiger partial charge in [-0.3, -0.25) is 14.9 Å². The Hall–Kier alpha value is -2.24. The van der Waals surface area contributed by atoms with Crippen molar-refractivity contribution in [2.24, 2.45) is 0 Å². The molecular formula is C20H20ClFN4. The Morgan fingerprint density at radius 1 is 1.08 bits per heavy atom. The lowest BCUT2D eigenvalue weighted by Crippen LogP contribution is -2.38. The molecule has 0 saturated carbocycles. The summed E-state index contributed by atoms with van der Waals surface area (Å²) >= 11 is 6.12. The summed E-state index contributed by atoms with van der Waals surface area (Å²) in [5.74, 6) is -0.332. The fourth-order valence-electron chi connectivity index (χ4n) is 3.44. The van der Waals surface area contributed by atoms with E-state index in [-0.39, 0.29) is 11.9 Å². The third kappa shape index (κ3) is 3.64. The van der Waals surface area contributed by atoms with Crippen molar-refractivity contribution in [3.63, 3.8) is 0 Å². The number of piperidine rings is 1. The number of hydrogen-bond acceptors (Lipinski definition) is 4. The lowest BCUT2D eigenvalue weighted by Gasteiger charge is -2.32. The molecular weight excluding hydrogens is 351 g/mol. The molecule has 0 radical (unpaired) electrons. The van der Waals surface area contributed by atoms with Gasteiger partial charge in [0.1, 0.15) is 5.52 Å². The highest BCUT2D eigenvalue weighted by Crippen LogP contribution is 2.29. The predicted octanol–water partition coefficient (Wildman–Crippen LogP) is 4.50. The van der Waals surface area contributed by atoms with Crippen LogP contribution in [-0.2, 0) is 6.54 Å². The molecule has 3 heterocycles. The zero-order valence-electron chi connectivity index (χ0n) is 14.3. The summed E-state index contributed by atoms with van der Waals surface area (Å²) in [5, 5.41) is 4.50. The van der Waals surface area contributed by atoms with E-state index in [1.807, 2.05) is 30.5 Å². The van der Waals surface area contributed by atoms with Crippen LogP contribution in [0.5, 0.6) is 0 Å². The van der Waals surface area contributed by atoms with Crippen LogP contribution in [0, 0.1) is 5.82 Å². The Bertz CT molecular complexity index is 895. The van der Waals surface area contributed by atoms with Crippen molar-refractivity contribution in [3.8, 4) is 0 Å². The molecule has 1 aliphatic rings. The van der Waals surface area contributed by atoms with Gasteiger partial charge in [0.25, 0.3) is 0 Å². The van der Waals surface area contributed by atoms with Crippen LogP contribution in [0.15, 0.2) is 48.8 Å². The third-order valence-electron chi connectivity index (χ3n) is 4.86. The van der Waals surface area contributed by atoms with Crippen molar-refractivity contribution in [2.75, 3.05) is 18.4 Å². The molecule has 3 aromatic rings. The number of rotatable bonds is 4. The molecule has 2 aromatic heterocycles. The number of benzene rings is 1. The Morgan fingerprint density at radius 3 is 2.69 bits per heavy atom. The van der Waals surface area contributed by atoms with Crippen molar-refractivity contribution in [3.05, 3.63) is 65.3 Å². The minimum atomic E-state index is -0.332. The number of hydrogen-bond donors (Lipinski definition) is 1. The van der Waals surface area contributed by atoms with E-state index < -0.39 is 0 Å². The summed E-state index contributed by atoms with van der Waals surface area (Å²) in [6.45, 7) is 2.79. The van der Waals surface area contributed by atoms with Crippen LogP contribution in [0.1, 0.15) is 18.5 Å². The van der Waals surface area contributed by atoms with Crippen LogP contribution < -0.4 is 5.32 Å². The maximum absolute atomic E-state index is 14.8. The molecule has 1 N–H and O–H groups in total. The van der Waals surface area contributed by atoms with E-state index in [2.05, 4.69) is 20.2 Å². The van der Waals surface area contributed by atoms with Crippen molar-refractivity contribution in [1.82, 2.24) is 14.9 Å². The lowest BCUT2D eigenvalue weighted by molar-refractivity contribution is 0.209. The highest BCUT2D eigenvalue weighted by atomic mass is 35.5. The molecule has 4 nitrogen and oxygen atoms in total. The van der Waals surface area contributed by atoms with Gasteiger partial charge in [-0.2, -0.15) is 0 Å². The molecule has 0 atom stereocenters. The summed E-state index contributed by atoms with van der Waals surface area (Å²) in [6, 6.07) is 11.5. The van der Waals surface area contributed by atoms with Crippen molar-refractivity contribution < 1.29 is 4.39 Å². The maximum atomic E-state index is 14.8. The molecule has 4 rings (SSSR count). The first kappa shape index (κ1) is 17.2. The third-order valence-corrected chi connectivity index (χ3v) is 5.19. The number of anilines is 1. The monoisotopic (exact) mass is 370 g/mol. The minimum absolute atomic E-state index is 0.251. The summed E-state index contributed by atoms with van der Waals surface area (Å²) in [5.41, 5.74) is 1.90. The molecule has 1 saturated heterocycles. The molecule has 134 valence electrons.